The number of H-pyrrole nitrogens is 1. The van der Waals surface area contributed by atoms with Crippen LogP contribution < -0.4 is 4.74 Å². The van der Waals surface area contributed by atoms with Gasteiger partial charge in [0.2, 0.25) is 4.77 Å². The Hall–Kier alpha value is -2.15. The first-order chi connectivity index (χ1) is 12.5. The maximum Gasteiger partial charge on any atom is 0.216 e. The van der Waals surface area contributed by atoms with Crippen LogP contribution in [0.15, 0.2) is 41.5 Å². The lowest BCUT2D eigenvalue weighted by atomic mass is 10.1. The van der Waals surface area contributed by atoms with Gasteiger partial charge in [-0.25, -0.2) is 5.10 Å². The van der Waals surface area contributed by atoms with Crippen LogP contribution in [0.2, 0.25) is 10.0 Å². The van der Waals surface area contributed by atoms with Crippen molar-refractivity contribution in [3.8, 4) is 5.75 Å². The minimum atomic E-state index is 0.222. The molecule has 0 atom stereocenters. The molecule has 0 saturated carbocycles. The second-order valence-electron chi connectivity index (χ2n) is 5.65. The lowest BCUT2D eigenvalue weighted by Crippen LogP contribution is -2.05. The molecule has 26 heavy (non-hydrogen) atoms. The SMILES string of the molecule is Cc1cccc(C)c1OCc1n[nH]c(=S)n1/N=C\c1cccc(Cl)c1Cl. The molecule has 2 aromatic carbocycles. The van der Waals surface area contributed by atoms with E-state index in [1.54, 1.807) is 18.3 Å². The van der Waals surface area contributed by atoms with E-state index in [2.05, 4.69) is 15.3 Å². The van der Waals surface area contributed by atoms with E-state index in [-0.39, 0.29) is 6.61 Å². The molecule has 0 aliphatic carbocycles. The van der Waals surface area contributed by atoms with Crippen molar-refractivity contribution >= 4 is 41.6 Å². The number of ether oxygens (including phenoxy) is 1. The fourth-order valence-electron chi connectivity index (χ4n) is 2.44. The van der Waals surface area contributed by atoms with Gasteiger partial charge in [0.05, 0.1) is 16.3 Å². The number of hydrogen-bond acceptors (Lipinski definition) is 4. The van der Waals surface area contributed by atoms with E-state index in [4.69, 9.17) is 40.2 Å². The summed E-state index contributed by atoms with van der Waals surface area (Å²) in [4.78, 5) is 0. The molecule has 0 saturated heterocycles. The summed E-state index contributed by atoms with van der Waals surface area (Å²) in [7, 11) is 0. The van der Waals surface area contributed by atoms with E-state index in [1.807, 2.05) is 38.1 Å². The summed E-state index contributed by atoms with van der Waals surface area (Å²) < 4.78 is 7.79. The summed E-state index contributed by atoms with van der Waals surface area (Å²) in [5.74, 6) is 1.38. The van der Waals surface area contributed by atoms with Crippen LogP contribution in [0.3, 0.4) is 0 Å². The number of aryl methyl sites for hydroxylation is 2. The Labute approximate surface area is 166 Å². The Morgan fingerprint density at radius 3 is 2.62 bits per heavy atom. The topological polar surface area (TPSA) is 55.2 Å². The molecule has 1 N–H and O–H groups in total. The van der Waals surface area contributed by atoms with Crippen molar-refractivity contribution in [1.82, 2.24) is 14.9 Å². The van der Waals surface area contributed by atoms with Crippen molar-refractivity contribution in [3.63, 3.8) is 0 Å². The van der Waals surface area contributed by atoms with Crippen molar-refractivity contribution in [1.29, 1.82) is 0 Å². The number of halogens is 2. The van der Waals surface area contributed by atoms with Crippen molar-refractivity contribution in [2.45, 2.75) is 20.5 Å². The van der Waals surface area contributed by atoms with E-state index in [0.717, 1.165) is 16.9 Å². The second-order valence-corrected chi connectivity index (χ2v) is 6.83. The first kappa shape index (κ1) is 18.6. The molecule has 8 heteroatoms. The summed E-state index contributed by atoms with van der Waals surface area (Å²) in [6.45, 7) is 4.22. The maximum atomic E-state index is 6.18. The molecule has 0 bridgehead atoms. The average molecular weight is 407 g/mol. The van der Waals surface area contributed by atoms with E-state index in [1.165, 1.54) is 4.68 Å². The largest absolute Gasteiger partial charge is 0.485 e. The first-order valence-electron chi connectivity index (χ1n) is 7.81. The van der Waals surface area contributed by atoms with Crippen LogP contribution in [-0.4, -0.2) is 21.1 Å². The zero-order valence-electron chi connectivity index (χ0n) is 14.2. The van der Waals surface area contributed by atoms with Gasteiger partial charge >= 0.3 is 0 Å². The first-order valence-corrected chi connectivity index (χ1v) is 8.97. The average Bonchev–Trinajstić information content (AvgIpc) is 2.96. The molecular weight excluding hydrogens is 391 g/mol. The number of nitrogens with one attached hydrogen (secondary N) is 1. The van der Waals surface area contributed by atoms with E-state index in [0.29, 0.717) is 26.2 Å². The van der Waals surface area contributed by atoms with Gasteiger partial charge in [-0.05, 0) is 43.3 Å². The number of benzene rings is 2. The number of hydrogen-bond donors (Lipinski definition) is 1. The third kappa shape index (κ3) is 3.98. The Bertz CT molecular complexity index is 1010. The molecule has 0 aliphatic rings. The van der Waals surface area contributed by atoms with Gasteiger partial charge in [0.15, 0.2) is 5.82 Å². The minimum Gasteiger partial charge on any atom is -0.485 e. The van der Waals surface area contributed by atoms with Crippen LogP contribution in [-0.2, 0) is 6.61 Å². The summed E-state index contributed by atoms with van der Waals surface area (Å²) >= 11 is 17.5. The second kappa shape index (κ2) is 8.03. The number of rotatable bonds is 5. The lowest BCUT2D eigenvalue weighted by Gasteiger charge is -2.11. The highest BCUT2D eigenvalue weighted by atomic mass is 35.5. The van der Waals surface area contributed by atoms with Gasteiger partial charge in [-0.3, -0.25) is 0 Å². The predicted octanol–water partition coefficient (Wildman–Crippen LogP) is 5.33. The van der Waals surface area contributed by atoms with Gasteiger partial charge in [-0.15, -0.1) is 0 Å². The third-order valence-electron chi connectivity index (χ3n) is 3.77. The Morgan fingerprint density at radius 2 is 1.88 bits per heavy atom. The molecule has 3 rings (SSSR count). The molecule has 1 heterocycles. The Morgan fingerprint density at radius 1 is 1.19 bits per heavy atom. The van der Waals surface area contributed by atoms with Crippen molar-refractivity contribution in [3.05, 3.63) is 73.7 Å². The number of nitrogens with zero attached hydrogens (tertiary/aromatic N) is 3. The Balaban J connectivity index is 1.84. The third-order valence-corrected chi connectivity index (χ3v) is 4.86. The smallest absolute Gasteiger partial charge is 0.216 e. The maximum absolute atomic E-state index is 6.18. The van der Waals surface area contributed by atoms with Crippen LogP contribution in [0.4, 0.5) is 0 Å². The number of aromatic nitrogens is 3. The van der Waals surface area contributed by atoms with Crippen LogP contribution in [0, 0.1) is 18.6 Å². The van der Waals surface area contributed by atoms with E-state index >= 15 is 0 Å². The van der Waals surface area contributed by atoms with E-state index in [9.17, 15) is 0 Å². The van der Waals surface area contributed by atoms with Crippen LogP contribution in [0.5, 0.6) is 5.75 Å². The van der Waals surface area contributed by atoms with Gasteiger partial charge in [0.25, 0.3) is 0 Å². The van der Waals surface area contributed by atoms with E-state index < -0.39 is 0 Å². The van der Waals surface area contributed by atoms with Gasteiger partial charge in [-0.2, -0.15) is 14.9 Å². The number of para-hydroxylation sites is 1. The molecular formula is C18H16Cl2N4OS. The quantitative estimate of drug-likeness (QED) is 0.460. The number of aromatic amines is 1. The molecule has 0 fully saturated rings. The molecule has 5 nitrogen and oxygen atoms in total. The monoisotopic (exact) mass is 406 g/mol. The predicted molar refractivity (Wildman–Crippen MR) is 107 cm³/mol. The van der Waals surface area contributed by atoms with Crippen LogP contribution in [0.25, 0.3) is 0 Å². The summed E-state index contributed by atoms with van der Waals surface area (Å²) in [5.41, 5.74) is 2.80. The van der Waals surface area contributed by atoms with Crippen LogP contribution >= 0.6 is 35.4 Å². The van der Waals surface area contributed by atoms with Gasteiger partial charge in [-0.1, -0.05) is 53.5 Å². The highest BCUT2D eigenvalue weighted by Crippen LogP contribution is 2.25. The van der Waals surface area contributed by atoms with Crippen LogP contribution in [0.1, 0.15) is 22.5 Å². The Kier molecular flexibility index (Phi) is 5.76. The fourth-order valence-corrected chi connectivity index (χ4v) is 3.00. The lowest BCUT2D eigenvalue weighted by molar-refractivity contribution is 0.287. The molecule has 0 radical (unpaired) electrons. The molecule has 0 spiro atoms. The molecule has 0 aliphatic heterocycles. The zero-order chi connectivity index (χ0) is 18.7. The molecule has 1 aromatic heterocycles. The molecule has 0 amide bonds. The van der Waals surface area contributed by atoms with Gasteiger partial charge in [0, 0.05) is 5.56 Å². The molecule has 3 aromatic rings. The standard InChI is InChI=1S/C18H16Cl2N4OS/c1-11-5-3-6-12(2)17(11)25-10-15-22-23-18(26)24(15)21-9-13-7-4-8-14(19)16(13)20/h3-9H,10H2,1-2H3,(H,23,26)/b21-9-. The zero-order valence-corrected chi connectivity index (χ0v) is 16.5. The van der Waals surface area contributed by atoms with Gasteiger partial charge in [0.1, 0.15) is 12.4 Å². The molecule has 0 unspecified atom stereocenters. The van der Waals surface area contributed by atoms with Gasteiger partial charge < -0.3 is 4.74 Å². The highest BCUT2D eigenvalue weighted by molar-refractivity contribution is 7.71. The minimum absolute atomic E-state index is 0.222. The van der Waals surface area contributed by atoms with Crippen molar-refractivity contribution < 1.29 is 4.74 Å². The van der Waals surface area contributed by atoms with Crippen molar-refractivity contribution in [2.24, 2.45) is 5.10 Å². The summed E-state index contributed by atoms with van der Waals surface area (Å²) in [5, 5.41) is 12.2. The normalized spacial score (nSPS) is 11.2. The fraction of sp³-hybridized carbons (Fsp3) is 0.167. The highest BCUT2D eigenvalue weighted by Gasteiger charge is 2.09. The molecule has 134 valence electrons. The summed E-state index contributed by atoms with van der Waals surface area (Å²) in [6.07, 6.45) is 1.59. The summed E-state index contributed by atoms with van der Waals surface area (Å²) in [6, 6.07) is 11.3. The van der Waals surface area contributed by atoms with Crippen molar-refractivity contribution in [2.75, 3.05) is 0 Å².